The lowest BCUT2D eigenvalue weighted by Crippen LogP contribution is -2.05. The van der Waals surface area contributed by atoms with E-state index in [0.717, 1.165) is 11.3 Å². The molecule has 1 aromatic rings. The van der Waals surface area contributed by atoms with Gasteiger partial charge in [-0.05, 0) is 24.3 Å². The van der Waals surface area contributed by atoms with Gasteiger partial charge in [-0.3, -0.25) is 4.18 Å². The van der Waals surface area contributed by atoms with Crippen molar-refractivity contribution in [2.24, 2.45) is 0 Å². The molecule has 0 saturated carbocycles. The van der Waals surface area contributed by atoms with Crippen LogP contribution in [0.3, 0.4) is 0 Å². The Hall–Kier alpha value is -0.430. The van der Waals surface area contributed by atoms with Crippen molar-refractivity contribution in [3.8, 4) is 0 Å². The lowest BCUT2D eigenvalue weighted by molar-refractivity contribution is 0.258. The molecule has 0 aliphatic heterocycles. The minimum Gasteiger partial charge on any atom is -0.726 e. The third-order valence-corrected chi connectivity index (χ3v) is 2.77. The van der Waals surface area contributed by atoms with E-state index >= 15 is 0 Å². The van der Waals surface area contributed by atoms with Crippen molar-refractivity contribution in [3.05, 3.63) is 22.4 Å². The van der Waals surface area contributed by atoms with Gasteiger partial charge in [-0.1, -0.05) is 6.07 Å². The Morgan fingerprint density at radius 2 is 2.31 bits per heavy atom. The minimum atomic E-state index is -4.51. The van der Waals surface area contributed by atoms with Crippen molar-refractivity contribution in [1.29, 1.82) is 0 Å². The molecule has 0 atom stereocenters. The molecule has 0 radical (unpaired) electrons. The normalized spacial score (nSPS) is 11.8. The van der Waals surface area contributed by atoms with Gasteiger partial charge in [-0.15, -0.1) is 11.3 Å². The molecule has 4 nitrogen and oxygen atoms in total. The molecule has 13 heavy (non-hydrogen) atoms. The summed E-state index contributed by atoms with van der Waals surface area (Å²) in [6.45, 7) is -0.0380. The number of hydrogen-bond acceptors (Lipinski definition) is 5. The fourth-order valence-corrected chi connectivity index (χ4v) is 1.94. The Morgan fingerprint density at radius 1 is 1.54 bits per heavy atom. The summed E-state index contributed by atoms with van der Waals surface area (Å²) in [6.07, 6.45) is 1.29. The summed E-state index contributed by atoms with van der Waals surface area (Å²) in [5.41, 5.74) is 0. The van der Waals surface area contributed by atoms with Gasteiger partial charge in [0.05, 0.1) is 6.61 Å². The monoisotopic (exact) mass is 221 g/mol. The van der Waals surface area contributed by atoms with Crippen LogP contribution in [-0.4, -0.2) is 19.6 Å². The Labute approximate surface area is 81.1 Å². The van der Waals surface area contributed by atoms with Crippen LogP contribution < -0.4 is 0 Å². The van der Waals surface area contributed by atoms with E-state index in [0.29, 0.717) is 6.42 Å². The first-order valence-electron chi connectivity index (χ1n) is 3.70. The molecule has 0 unspecified atom stereocenters. The number of aryl methyl sites for hydroxylation is 1. The highest BCUT2D eigenvalue weighted by molar-refractivity contribution is 7.80. The third-order valence-electron chi connectivity index (χ3n) is 1.38. The molecule has 0 aliphatic carbocycles. The van der Waals surface area contributed by atoms with Gasteiger partial charge < -0.3 is 4.55 Å². The smallest absolute Gasteiger partial charge is 0.217 e. The zero-order valence-electron chi connectivity index (χ0n) is 6.80. The summed E-state index contributed by atoms with van der Waals surface area (Å²) in [5.74, 6) is 0. The molecule has 0 N–H and O–H groups in total. The summed E-state index contributed by atoms with van der Waals surface area (Å²) < 4.78 is 34.1. The van der Waals surface area contributed by atoms with E-state index in [4.69, 9.17) is 0 Å². The first kappa shape index (κ1) is 10.6. The molecular formula is C7H9O4S2-. The first-order chi connectivity index (χ1) is 6.08. The van der Waals surface area contributed by atoms with E-state index in [9.17, 15) is 13.0 Å². The van der Waals surface area contributed by atoms with Crippen molar-refractivity contribution < 1.29 is 17.2 Å². The summed E-state index contributed by atoms with van der Waals surface area (Å²) in [6, 6.07) is 3.88. The van der Waals surface area contributed by atoms with Gasteiger partial charge in [-0.2, -0.15) is 0 Å². The van der Waals surface area contributed by atoms with Gasteiger partial charge in [0.2, 0.25) is 10.4 Å². The Morgan fingerprint density at radius 3 is 2.85 bits per heavy atom. The van der Waals surface area contributed by atoms with Crippen molar-refractivity contribution in [2.75, 3.05) is 6.61 Å². The maximum atomic E-state index is 10.0. The fraction of sp³-hybridized carbons (Fsp3) is 0.429. The van der Waals surface area contributed by atoms with Crippen LogP contribution in [0.15, 0.2) is 17.5 Å². The van der Waals surface area contributed by atoms with Crippen LogP contribution in [0.5, 0.6) is 0 Å². The molecule has 1 rings (SSSR count). The lowest BCUT2D eigenvalue weighted by atomic mass is 10.3. The molecule has 0 bridgehead atoms. The quantitative estimate of drug-likeness (QED) is 0.425. The summed E-state index contributed by atoms with van der Waals surface area (Å²) in [7, 11) is -4.51. The maximum absolute atomic E-state index is 10.0. The summed E-state index contributed by atoms with van der Waals surface area (Å²) >= 11 is 1.60. The number of hydrogen-bond donors (Lipinski definition) is 0. The van der Waals surface area contributed by atoms with Crippen molar-refractivity contribution in [2.45, 2.75) is 12.8 Å². The SMILES string of the molecule is O=S(=O)([O-])OCCCc1cccs1. The van der Waals surface area contributed by atoms with E-state index in [1.165, 1.54) is 0 Å². The Kier molecular flexibility index (Phi) is 3.86. The van der Waals surface area contributed by atoms with Crippen LogP contribution in [0.1, 0.15) is 11.3 Å². The van der Waals surface area contributed by atoms with Crippen molar-refractivity contribution >= 4 is 21.7 Å². The highest BCUT2D eigenvalue weighted by Gasteiger charge is 1.96. The standard InChI is InChI=1S/C7H10O4S2/c8-13(9,10)11-5-1-3-7-4-2-6-12-7/h2,4,6H,1,3,5H2,(H,8,9,10)/p-1. The topological polar surface area (TPSA) is 66.4 Å². The van der Waals surface area contributed by atoms with Crippen LogP contribution in [0, 0.1) is 0 Å². The van der Waals surface area contributed by atoms with Crippen molar-refractivity contribution in [1.82, 2.24) is 0 Å². The Bertz CT molecular complexity index is 327. The van der Waals surface area contributed by atoms with E-state index in [1.54, 1.807) is 11.3 Å². The number of thiophene rings is 1. The van der Waals surface area contributed by atoms with Gasteiger partial charge in [-0.25, -0.2) is 8.42 Å². The first-order valence-corrected chi connectivity index (χ1v) is 5.92. The molecule has 0 fully saturated rings. The molecule has 1 heterocycles. The zero-order chi connectivity index (χ0) is 9.73. The zero-order valence-corrected chi connectivity index (χ0v) is 8.44. The van der Waals surface area contributed by atoms with E-state index in [-0.39, 0.29) is 6.61 Å². The van der Waals surface area contributed by atoms with Crippen LogP contribution in [-0.2, 0) is 21.0 Å². The van der Waals surface area contributed by atoms with Crippen LogP contribution >= 0.6 is 11.3 Å². The molecular weight excluding hydrogens is 212 g/mol. The highest BCUT2D eigenvalue weighted by Crippen LogP contribution is 2.10. The second-order valence-corrected chi connectivity index (χ2v) is 4.50. The molecule has 6 heteroatoms. The fourth-order valence-electron chi connectivity index (χ4n) is 0.862. The van der Waals surface area contributed by atoms with Crippen LogP contribution in [0.25, 0.3) is 0 Å². The lowest BCUT2D eigenvalue weighted by Gasteiger charge is -2.06. The van der Waals surface area contributed by atoms with Crippen LogP contribution in [0.4, 0.5) is 0 Å². The van der Waals surface area contributed by atoms with Gasteiger partial charge >= 0.3 is 0 Å². The van der Waals surface area contributed by atoms with E-state index in [1.807, 2.05) is 17.5 Å². The predicted octanol–water partition coefficient (Wildman–Crippen LogP) is 1.16. The van der Waals surface area contributed by atoms with E-state index < -0.39 is 10.4 Å². The summed E-state index contributed by atoms with van der Waals surface area (Å²) in [5, 5.41) is 1.94. The van der Waals surface area contributed by atoms with Gasteiger partial charge in [0, 0.05) is 4.88 Å². The minimum absolute atomic E-state index is 0.0380. The predicted molar refractivity (Wildman–Crippen MR) is 48.3 cm³/mol. The van der Waals surface area contributed by atoms with Crippen LogP contribution in [0.2, 0.25) is 0 Å². The second-order valence-electron chi connectivity index (χ2n) is 2.41. The molecule has 1 aromatic heterocycles. The second kappa shape index (κ2) is 4.71. The van der Waals surface area contributed by atoms with Gasteiger partial charge in [0.25, 0.3) is 0 Å². The maximum Gasteiger partial charge on any atom is 0.217 e. The number of rotatable bonds is 5. The Balaban J connectivity index is 2.16. The highest BCUT2D eigenvalue weighted by atomic mass is 32.3. The van der Waals surface area contributed by atoms with E-state index in [2.05, 4.69) is 4.18 Å². The molecule has 0 amide bonds. The largest absolute Gasteiger partial charge is 0.726 e. The molecule has 74 valence electrons. The average Bonchev–Trinajstić information content (AvgIpc) is 2.48. The third kappa shape index (κ3) is 4.99. The molecule has 0 spiro atoms. The molecule has 0 aromatic carbocycles. The molecule has 0 saturated heterocycles. The molecule has 0 aliphatic rings. The van der Waals surface area contributed by atoms with Gasteiger partial charge in [0.1, 0.15) is 0 Å². The van der Waals surface area contributed by atoms with Gasteiger partial charge in [0.15, 0.2) is 0 Å². The average molecular weight is 221 g/mol. The van der Waals surface area contributed by atoms with Crippen molar-refractivity contribution in [3.63, 3.8) is 0 Å². The summed E-state index contributed by atoms with van der Waals surface area (Å²) in [4.78, 5) is 1.16.